The normalized spacial score (nSPS) is 11.8. The van der Waals surface area contributed by atoms with E-state index >= 15 is 0 Å². The summed E-state index contributed by atoms with van der Waals surface area (Å²) in [5.41, 5.74) is 4.29. The Kier molecular flexibility index (Phi) is 5.12. The van der Waals surface area contributed by atoms with Gasteiger partial charge in [0.25, 0.3) is 10.0 Å². The van der Waals surface area contributed by atoms with Crippen LogP contribution in [0.5, 0.6) is 0 Å². The maximum absolute atomic E-state index is 13.7. The number of pyridine rings is 1. The Hall–Kier alpha value is -2.41. The molecule has 0 unspecified atom stereocenters. The Labute approximate surface area is 189 Å². The van der Waals surface area contributed by atoms with Crippen LogP contribution >= 0.6 is 15.9 Å². The number of rotatable bonds is 2. The predicted octanol–water partition coefficient (Wildman–Crippen LogP) is 2.08. The minimum Gasteiger partial charge on any atom is -1.00 e. The number of nitrogens with zero attached hydrogens (tertiary/aromatic N) is 2. The van der Waals surface area contributed by atoms with Gasteiger partial charge in [-0.05, 0) is 49.4 Å². The van der Waals surface area contributed by atoms with Crippen molar-refractivity contribution in [2.24, 2.45) is 7.05 Å². The zero-order valence-electron chi connectivity index (χ0n) is 16.3. The van der Waals surface area contributed by atoms with E-state index in [4.69, 9.17) is 0 Å². The van der Waals surface area contributed by atoms with Gasteiger partial charge in [0.05, 0.1) is 15.8 Å². The van der Waals surface area contributed by atoms with Crippen LogP contribution in [0.1, 0.15) is 5.56 Å². The minimum absolute atomic E-state index is 0. The summed E-state index contributed by atoms with van der Waals surface area (Å²) in [6.07, 6.45) is 0. The molecule has 3 aromatic carbocycles. The van der Waals surface area contributed by atoms with Crippen LogP contribution in [0.2, 0.25) is 0 Å². The topological polar surface area (TPSA) is 43.0 Å². The van der Waals surface area contributed by atoms with Gasteiger partial charge >= 0.3 is 0 Å². The van der Waals surface area contributed by atoms with Crippen LogP contribution in [0.3, 0.4) is 0 Å². The van der Waals surface area contributed by atoms with Gasteiger partial charge in [-0.25, -0.2) is 12.4 Å². The molecule has 152 valence electrons. The number of halogens is 2. The van der Waals surface area contributed by atoms with Crippen molar-refractivity contribution in [3.05, 3.63) is 82.8 Å². The van der Waals surface area contributed by atoms with Crippen LogP contribution in [-0.2, 0) is 17.1 Å². The lowest BCUT2D eigenvalue weighted by molar-refractivity contribution is -0.616. The van der Waals surface area contributed by atoms with E-state index in [9.17, 15) is 8.42 Å². The van der Waals surface area contributed by atoms with E-state index in [2.05, 4.69) is 26.6 Å². The molecule has 0 spiro atoms. The molecule has 0 aliphatic carbocycles. The summed E-state index contributed by atoms with van der Waals surface area (Å²) in [7, 11) is -1.79. The largest absolute Gasteiger partial charge is 1.00 e. The van der Waals surface area contributed by atoms with E-state index in [1.54, 1.807) is 12.1 Å². The third-order valence-corrected chi connectivity index (χ3v) is 7.62. The highest BCUT2D eigenvalue weighted by atomic mass is 79.9. The maximum Gasteiger partial charge on any atom is 0.268 e. The van der Waals surface area contributed by atoms with E-state index in [0.717, 1.165) is 31.8 Å². The number of para-hydroxylation sites is 1. The first-order valence-electron chi connectivity index (χ1n) is 9.21. The molecule has 0 atom stereocenters. The summed E-state index contributed by atoms with van der Waals surface area (Å²) in [4.78, 5) is 0.282. The van der Waals surface area contributed by atoms with Gasteiger partial charge in [-0.15, -0.1) is 0 Å². The second-order valence-electron chi connectivity index (χ2n) is 7.24. The van der Waals surface area contributed by atoms with Crippen molar-refractivity contribution in [1.29, 1.82) is 0 Å². The summed E-state index contributed by atoms with van der Waals surface area (Å²) >= 11 is 3.54. The highest BCUT2D eigenvalue weighted by molar-refractivity contribution is 9.10. The molecule has 30 heavy (non-hydrogen) atoms. The molecule has 0 N–H and O–H groups in total. The zero-order valence-corrected chi connectivity index (χ0v) is 19.5. The summed E-state index contributed by atoms with van der Waals surface area (Å²) in [5, 5.41) is 1.88. The van der Waals surface area contributed by atoms with Gasteiger partial charge in [-0.1, -0.05) is 45.8 Å². The van der Waals surface area contributed by atoms with Crippen molar-refractivity contribution in [3.63, 3.8) is 0 Å². The van der Waals surface area contributed by atoms with E-state index in [0.29, 0.717) is 11.0 Å². The SMILES string of the molecule is Cc1ccc(S(=O)(=O)n2c3ccccc3c3c2cc2ccc(Br)cc2[n+]3C)cc1.[Cl-]. The van der Waals surface area contributed by atoms with Crippen LogP contribution in [-0.4, -0.2) is 12.4 Å². The molecule has 0 bridgehead atoms. The number of aromatic nitrogens is 2. The lowest BCUT2D eigenvalue weighted by Crippen LogP contribution is -3.00. The molecule has 0 saturated heterocycles. The third-order valence-electron chi connectivity index (χ3n) is 5.38. The molecule has 0 aliphatic rings. The Morgan fingerprint density at radius 2 is 1.60 bits per heavy atom. The van der Waals surface area contributed by atoms with Crippen LogP contribution in [0, 0.1) is 6.92 Å². The van der Waals surface area contributed by atoms with E-state index in [1.165, 1.54) is 3.97 Å². The van der Waals surface area contributed by atoms with Crippen molar-refractivity contribution in [1.82, 2.24) is 3.97 Å². The lowest BCUT2D eigenvalue weighted by Gasteiger charge is -2.09. The van der Waals surface area contributed by atoms with Crippen LogP contribution < -0.4 is 17.0 Å². The highest BCUT2D eigenvalue weighted by Crippen LogP contribution is 2.33. The van der Waals surface area contributed by atoms with Crippen molar-refractivity contribution in [2.45, 2.75) is 11.8 Å². The zero-order chi connectivity index (χ0) is 20.3. The van der Waals surface area contributed by atoms with Crippen molar-refractivity contribution >= 4 is 58.8 Å². The second kappa shape index (κ2) is 7.38. The van der Waals surface area contributed by atoms with E-state index in [1.807, 2.05) is 68.6 Å². The van der Waals surface area contributed by atoms with Gasteiger partial charge < -0.3 is 12.4 Å². The number of hydrogen-bond donors (Lipinski definition) is 0. The number of benzene rings is 3. The second-order valence-corrected chi connectivity index (χ2v) is 9.94. The van der Waals surface area contributed by atoms with Gasteiger partial charge in [0.15, 0.2) is 0 Å². The van der Waals surface area contributed by atoms with Gasteiger partial charge in [-0.2, -0.15) is 4.57 Å². The average Bonchev–Trinajstić information content (AvgIpc) is 3.04. The van der Waals surface area contributed by atoms with Gasteiger partial charge in [0, 0.05) is 15.9 Å². The van der Waals surface area contributed by atoms with Gasteiger partial charge in [0.1, 0.15) is 12.6 Å². The summed E-state index contributed by atoms with van der Waals surface area (Å²) in [6, 6.07) is 22.6. The summed E-state index contributed by atoms with van der Waals surface area (Å²) in [5.74, 6) is 0. The summed E-state index contributed by atoms with van der Waals surface area (Å²) in [6.45, 7) is 1.95. The molecule has 0 amide bonds. The molecule has 0 saturated carbocycles. The van der Waals surface area contributed by atoms with Gasteiger partial charge in [0.2, 0.25) is 11.0 Å². The maximum atomic E-state index is 13.7. The van der Waals surface area contributed by atoms with E-state index < -0.39 is 10.0 Å². The monoisotopic (exact) mass is 500 g/mol. The molecule has 0 fully saturated rings. The van der Waals surface area contributed by atoms with Crippen LogP contribution in [0.4, 0.5) is 0 Å². The standard InChI is InChI=1S/C23H18BrN2O2S.ClH/c1-15-7-11-18(12-8-15)29(27,28)26-20-6-4-3-5-19(20)23-22(26)13-16-9-10-17(24)14-21(16)25(23)2;/h3-14H,1-2H3;1H/q+1;/p-1. The lowest BCUT2D eigenvalue weighted by atomic mass is 10.1. The fraction of sp³-hybridized carbons (Fsp3) is 0.0870. The molecule has 5 aromatic rings. The Morgan fingerprint density at radius 1 is 0.900 bits per heavy atom. The first kappa shape index (κ1) is 20.8. The fourth-order valence-electron chi connectivity index (χ4n) is 3.97. The smallest absolute Gasteiger partial charge is 0.268 e. The first-order valence-corrected chi connectivity index (χ1v) is 11.4. The molecule has 5 rings (SSSR count). The Morgan fingerprint density at radius 3 is 2.33 bits per heavy atom. The Balaban J connectivity index is 0.00000218. The third kappa shape index (κ3) is 3.02. The molecule has 0 aliphatic heterocycles. The fourth-order valence-corrected chi connectivity index (χ4v) is 5.82. The molecule has 2 aromatic heterocycles. The molecular formula is C23H18BrClN2O2S. The van der Waals surface area contributed by atoms with Crippen molar-refractivity contribution in [2.75, 3.05) is 0 Å². The quantitative estimate of drug-likeness (QED) is 0.348. The van der Waals surface area contributed by atoms with Gasteiger partial charge in [-0.3, -0.25) is 0 Å². The average molecular weight is 502 g/mol. The van der Waals surface area contributed by atoms with Crippen LogP contribution in [0.25, 0.3) is 32.8 Å². The van der Waals surface area contributed by atoms with Crippen molar-refractivity contribution < 1.29 is 25.4 Å². The Bertz CT molecular complexity index is 1540. The van der Waals surface area contributed by atoms with Crippen molar-refractivity contribution in [3.8, 4) is 0 Å². The minimum atomic E-state index is -3.77. The first-order chi connectivity index (χ1) is 13.9. The number of fused-ring (bicyclic) bond motifs is 4. The number of aryl methyl sites for hydroxylation is 2. The predicted molar refractivity (Wildman–Crippen MR) is 120 cm³/mol. The molecule has 7 heteroatoms. The highest BCUT2D eigenvalue weighted by Gasteiger charge is 2.28. The van der Waals surface area contributed by atoms with Crippen LogP contribution in [0.15, 0.2) is 82.2 Å². The summed E-state index contributed by atoms with van der Waals surface area (Å²) < 4.78 is 31.9. The molecule has 4 nitrogen and oxygen atoms in total. The number of hydrogen-bond acceptors (Lipinski definition) is 2. The van der Waals surface area contributed by atoms with E-state index in [-0.39, 0.29) is 17.3 Å². The molecular weight excluding hydrogens is 484 g/mol. The molecule has 0 radical (unpaired) electrons. The molecule has 2 heterocycles.